The van der Waals surface area contributed by atoms with Gasteiger partial charge in [-0.25, -0.2) is 0 Å². The summed E-state index contributed by atoms with van der Waals surface area (Å²) in [7, 11) is 0. The van der Waals surface area contributed by atoms with Gasteiger partial charge in [-0.05, 0) is 26.2 Å². The summed E-state index contributed by atoms with van der Waals surface area (Å²) in [6.07, 6.45) is 2.97. The van der Waals surface area contributed by atoms with E-state index in [2.05, 4.69) is 4.90 Å². The van der Waals surface area contributed by atoms with Crippen LogP contribution in [0.25, 0.3) is 0 Å². The van der Waals surface area contributed by atoms with Crippen LogP contribution in [0.4, 0.5) is 0 Å². The van der Waals surface area contributed by atoms with Gasteiger partial charge in [0.25, 0.3) is 0 Å². The molecule has 2 saturated heterocycles. The first-order valence-electron chi connectivity index (χ1n) is 6.53. The zero-order valence-corrected chi connectivity index (χ0v) is 10.9. The zero-order chi connectivity index (χ0) is 12.5. The highest BCUT2D eigenvalue weighted by atomic mass is 16.5. The summed E-state index contributed by atoms with van der Waals surface area (Å²) in [5, 5.41) is 9.26. The van der Waals surface area contributed by atoms with Gasteiger partial charge in [-0.2, -0.15) is 0 Å². The number of ether oxygens (including phenoxy) is 1. The molecule has 1 spiro atoms. The smallest absolute Gasteiger partial charge is 0.310 e. The van der Waals surface area contributed by atoms with Gasteiger partial charge in [0.1, 0.15) is 0 Å². The highest BCUT2D eigenvalue weighted by Crippen LogP contribution is 2.41. The van der Waals surface area contributed by atoms with E-state index >= 15 is 0 Å². The van der Waals surface area contributed by atoms with E-state index in [9.17, 15) is 9.90 Å². The molecule has 2 aliphatic heterocycles. The van der Waals surface area contributed by atoms with Crippen LogP contribution in [0, 0.1) is 10.8 Å². The van der Waals surface area contributed by atoms with Crippen molar-refractivity contribution >= 4 is 5.97 Å². The van der Waals surface area contributed by atoms with E-state index in [1.165, 1.54) is 0 Å². The van der Waals surface area contributed by atoms with Crippen molar-refractivity contribution < 1.29 is 14.6 Å². The second kappa shape index (κ2) is 4.58. The van der Waals surface area contributed by atoms with Crippen molar-refractivity contribution in [2.45, 2.75) is 33.1 Å². The Bertz CT molecular complexity index is 291. The number of carboxylic acids is 1. The van der Waals surface area contributed by atoms with Crippen molar-refractivity contribution in [3.63, 3.8) is 0 Å². The van der Waals surface area contributed by atoms with Crippen LogP contribution in [0.1, 0.15) is 33.1 Å². The van der Waals surface area contributed by atoms with Gasteiger partial charge in [-0.1, -0.05) is 6.92 Å². The van der Waals surface area contributed by atoms with Gasteiger partial charge in [-0.15, -0.1) is 0 Å². The Balaban J connectivity index is 1.85. The van der Waals surface area contributed by atoms with Crippen molar-refractivity contribution in [1.29, 1.82) is 0 Å². The lowest BCUT2D eigenvalue weighted by atomic mass is 9.72. The van der Waals surface area contributed by atoms with Crippen LogP contribution in [0.3, 0.4) is 0 Å². The Morgan fingerprint density at radius 2 is 2.00 bits per heavy atom. The van der Waals surface area contributed by atoms with Crippen LogP contribution in [0.2, 0.25) is 0 Å². The van der Waals surface area contributed by atoms with Gasteiger partial charge < -0.3 is 14.7 Å². The lowest BCUT2D eigenvalue weighted by Gasteiger charge is -2.53. The molecule has 2 fully saturated rings. The molecule has 98 valence electrons. The van der Waals surface area contributed by atoms with E-state index in [4.69, 9.17) is 4.74 Å². The number of likely N-dealkylation sites (tertiary alicyclic amines) is 1. The molecular formula is C13H23NO3. The SMILES string of the molecule is CCC(C)(CN1CC2(CCOCC2)C1)C(=O)O. The number of carbonyl (C=O) groups is 1. The number of hydrogen-bond acceptors (Lipinski definition) is 3. The first-order chi connectivity index (χ1) is 8.00. The maximum Gasteiger partial charge on any atom is 0.310 e. The summed E-state index contributed by atoms with van der Waals surface area (Å²) in [5.41, 5.74) is -0.155. The molecule has 0 radical (unpaired) electrons. The minimum atomic E-state index is -0.673. The van der Waals surface area contributed by atoms with Gasteiger partial charge in [0.15, 0.2) is 0 Å². The van der Waals surface area contributed by atoms with Crippen LogP contribution in [0.15, 0.2) is 0 Å². The van der Waals surface area contributed by atoms with Crippen molar-refractivity contribution in [2.24, 2.45) is 10.8 Å². The molecule has 4 nitrogen and oxygen atoms in total. The molecule has 1 N–H and O–H groups in total. The fraction of sp³-hybridized carbons (Fsp3) is 0.923. The van der Waals surface area contributed by atoms with Gasteiger partial charge >= 0.3 is 5.97 Å². The van der Waals surface area contributed by atoms with Crippen LogP contribution in [-0.4, -0.2) is 48.8 Å². The molecule has 2 rings (SSSR count). The predicted octanol–water partition coefficient (Wildman–Crippen LogP) is 1.60. The van der Waals surface area contributed by atoms with Crippen LogP contribution in [-0.2, 0) is 9.53 Å². The predicted molar refractivity (Wildman–Crippen MR) is 65.0 cm³/mol. The normalized spacial score (nSPS) is 27.4. The van der Waals surface area contributed by atoms with Crippen molar-refractivity contribution in [3.8, 4) is 0 Å². The molecule has 17 heavy (non-hydrogen) atoms. The molecule has 1 atom stereocenters. The summed E-state index contributed by atoms with van der Waals surface area (Å²) in [6, 6.07) is 0. The number of carboxylic acid groups (broad SMARTS) is 1. The number of aliphatic carboxylic acids is 1. The summed E-state index contributed by atoms with van der Waals surface area (Å²) < 4.78 is 5.38. The van der Waals surface area contributed by atoms with Crippen molar-refractivity contribution in [2.75, 3.05) is 32.8 Å². The maximum absolute atomic E-state index is 11.2. The first kappa shape index (κ1) is 12.8. The fourth-order valence-electron chi connectivity index (χ4n) is 2.96. The van der Waals surface area contributed by atoms with E-state index in [0.717, 1.165) is 39.1 Å². The molecule has 0 aromatic rings. The third kappa shape index (κ3) is 2.47. The van der Waals surface area contributed by atoms with Gasteiger partial charge in [0.2, 0.25) is 0 Å². The molecule has 1 unspecified atom stereocenters. The molecule has 0 aliphatic carbocycles. The Morgan fingerprint density at radius 3 is 2.47 bits per heavy atom. The largest absolute Gasteiger partial charge is 0.481 e. The van der Waals surface area contributed by atoms with Gasteiger partial charge in [0, 0.05) is 38.3 Å². The van der Waals surface area contributed by atoms with E-state index < -0.39 is 11.4 Å². The number of nitrogens with zero attached hydrogens (tertiary/aromatic N) is 1. The second-order valence-electron chi connectivity index (χ2n) is 5.98. The Hall–Kier alpha value is -0.610. The molecule has 0 saturated carbocycles. The summed E-state index contributed by atoms with van der Waals surface area (Å²) >= 11 is 0. The van der Waals surface area contributed by atoms with Crippen LogP contribution < -0.4 is 0 Å². The molecule has 2 aliphatic rings. The van der Waals surface area contributed by atoms with Gasteiger partial charge in [-0.3, -0.25) is 4.79 Å². The molecule has 0 aromatic carbocycles. The maximum atomic E-state index is 11.2. The van der Waals surface area contributed by atoms with Crippen molar-refractivity contribution in [1.82, 2.24) is 4.90 Å². The van der Waals surface area contributed by atoms with Crippen LogP contribution >= 0.6 is 0 Å². The van der Waals surface area contributed by atoms with Gasteiger partial charge in [0.05, 0.1) is 5.41 Å². The third-order valence-corrected chi connectivity index (χ3v) is 4.54. The number of rotatable bonds is 4. The topological polar surface area (TPSA) is 49.8 Å². The summed E-state index contributed by atoms with van der Waals surface area (Å²) in [4.78, 5) is 13.5. The number of hydrogen-bond donors (Lipinski definition) is 1. The van der Waals surface area contributed by atoms with Crippen molar-refractivity contribution in [3.05, 3.63) is 0 Å². The van der Waals surface area contributed by atoms with E-state index in [1.807, 2.05) is 13.8 Å². The van der Waals surface area contributed by atoms with E-state index in [1.54, 1.807) is 0 Å². The summed E-state index contributed by atoms with van der Waals surface area (Å²) in [5.74, 6) is -0.673. The zero-order valence-electron chi connectivity index (χ0n) is 10.9. The Labute approximate surface area is 103 Å². The monoisotopic (exact) mass is 241 g/mol. The molecule has 0 aromatic heterocycles. The molecule has 0 amide bonds. The average Bonchev–Trinajstić information content (AvgIpc) is 2.28. The minimum Gasteiger partial charge on any atom is -0.481 e. The lowest BCUT2D eigenvalue weighted by Crippen LogP contribution is -2.61. The quantitative estimate of drug-likeness (QED) is 0.812. The highest BCUT2D eigenvalue weighted by Gasteiger charge is 2.46. The third-order valence-electron chi connectivity index (χ3n) is 4.54. The summed E-state index contributed by atoms with van der Waals surface area (Å²) in [6.45, 7) is 8.35. The minimum absolute atomic E-state index is 0.436. The second-order valence-corrected chi connectivity index (χ2v) is 5.98. The lowest BCUT2D eigenvalue weighted by molar-refractivity contribution is -0.153. The van der Waals surface area contributed by atoms with Crippen LogP contribution in [0.5, 0.6) is 0 Å². The molecule has 2 heterocycles. The standard InChI is InChI=1S/C13H23NO3/c1-3-12(2,11(15)16)8-14-9-13(10-14)4-6-17-7-5-13/h3-10H2,1-2H3,(H,15,16). The highest BCUT2D eigenvalue weighted by molar-refractivity contribution is 5.74. The first-order valence-corrected chi connectivity index (χ1v) is 6.53. The van der Waals surface area contributed by atoms with E-state index in [-0.39, 0.29) is 0 Å². The average molecular weight is 241 g/mol. The molecule has 4 heteroatoms. The molecular weight excluding hydrogens is 218 g/mol. The molecule has 0 bridgehead atoms. The van der Waals surface area contributed by atoms with E-state index in [0.29, 0.717) is 18.4 Å². The fourth-order valence-corrected chi connectivity index (χ4v) is 2.96. The Kier molecular flexibility index (Phi) is 3.46. The Morgan fingerprint density at radius 1 is 1.41 bits per heavy atom.